The molecule has 0 fully saturated rings. The highest BCUT2D eigenvalue weighted by Gasteiger charge is 2.25. The van der Waals surface area contributed by atoms with E-state index in [2.05, 4.69) is 39.2 Å². The zero-order valence-corrected chi connectivity index (χ0v) is 17.5. The molecule has 3 aromatic rings. The standard InChI is InChI=1S/C23H23FN6O/c1-13(2)20-12-26-30-22(20)28-21(16-7-17(24)11-25-10-16)29-23(30)27-18-5-3-15-9-19(31)6-4-14(15)8-18/h4,6-7,10-13,18H,3,5,8-9H2,1-2H3,(H,27,28,29)/t18-/m0/s1. The number of halogens is 1. The number of carbonyl (C=O) groups excluding carboxylic acids is 1. The highest BCUT2D eigenvalue weighted by atomic mass is 19.1. The van der Waals surface area contributed by atoms with Gasteiger partial charge in [0.25, 0.3) is 0 Å². The Labute approximate surface area is 179 Å². The van der Waals surface area contributed by atoms with Crippen LogP contribution in [0.15, 0.2) is 48.0 Å². The molecule has 31 heavy (non-hydrogen) atoms. The van der Waals surface area contributed by atoms with E-state index >= 15 is 0 Å². The Bertz CT molecular complexity index is 1240. The Morgan fingerprint density at radius 1 is 1.19 bits per heavy atom. The molecular weight excluding hydrogens is 395 g/mol. The molecule has 0 unspecified atom stereocenters. The van der Waals surface area contributed by atoms with Crippen molar-refractivity contribution in [3.05, 3.63) is 59.3 Å². The number of hydrogen-bond acceptors (Lipinski definition) is 6. The van der Waals surface area contributed by atoms with E-state index in [0.717, 1.165) is 31.0 Å². The Kier molecular flexibility index (Phi) is 4.84. The van der Waals surface area contributed by atoms with E-state index < -0.39 is 5.82 Å². The largest absolute Gasteiger partial charge is 0.351 e. The Morgan fingerprint density at radius 2 is 2.06 bits per heavy atom. The lowest BCUT2D eigenvalue weighted by Crippen LogP contribution is -2.27. The van der Waals surface area contributed by atoms with E-state index in [1.165, 1.54) is 17.2 Å². The molecule has 2 aliphatic rings. The molecular formula is C23H23FN6O. The third-order valence-corrected chi connectivity index (χ3v) is 5.89. The first-order chi connectivity index (χ1) is 15.0. The summed E-state index contributed by atoms with van der Waals surface area (Å²) in [6, 6.07) is 1.54. The molecule has 0 amide bonds. The summed E-state index contributed by atoms with van der Waals surface area (Å²) >= 11 is 0. The monoisotopic (exact) mass is 418 g/mol. The molecule has 0 spiro atoms. The molecule has 0 radical (unpaired) electrons. The van der Waals surface area contributed by atoms with Crippen molar-refractivity contribution in [1.82, 2.24) is 24.6 Å². The number of aromatic nitrogens is 5. The molecule has 0 aliphatic heterocycles. The predicted octanol–water partition coefficient (Wildman–Crippen LogP) is 4.24. The van der Waals surface area contributed by atoms with Crippen LogP contribution in [0.4, 0.5) is 10.3 Å². The van der Waals surface area contributed by atoms with Gasteiger partial charge in [0.05, 0.1) is 12.4 Å². The van der Waals surface area contributed by atoms with Crippen molar-refractivity contribution < 1.29 is 9.18 Å². The molecule has 2 aliphatic carbocycles. The first-order valence-electron chi connectivity index (χ1n) is 10.5. The van der Waals surface area contributed by atoms with Crippen LogP contribution in [0.25, 0.3) is 17.0 Å². The zero-order valence-electron chi connectivity index (χ0n) is 17.5. The fraction of sp³-hybridized carbons (Fsp3) is 0.348. The maximum atomic E-state index is 13.8. The lowest BCUT2D eigenvalue weighted by atomic mass is 9.83. The normalized spacial score (nSPS) is 18.7. The fourth-order valence-corrected chi connectivity index (χ4v) is 4.24. The molecule has 158 valence electrons. The maximum Gasteiger partial charge on any atom is 0.228 e. The fourth-order valence-electron chi connectivity index (χ4n) is 4.24. The van der Waals surface area contributed by atoms with Gasteiger partial charge in [-0.15, -0.1) is 0 Å². The van der Waals surface area contributed by atoms with Crippen LogP contribution in [0.2, 0.25) is 0 Å². The average Bonchev–Trinajstić information content (AvgIpc) is 3.18. The molecule has 1 N–H and O–H groups in total. The summed E-state index contributed by atoms with van der Waals surface area (Å²) in [5.74, 6) is 0.947. The number of carbonyl (C=O) groups is 1. The Hall–Kier alpha value is -3.42. The summed E-state index contributed by atoms with van der Waals surface area (Å²) in [5, 5.41) is 8.05. The van der Waals surface area contributed by atoms with Crippen molar-refractivity contribution in [3.8, 4) is 11.4 Å². The molecule has 5 rings (SSSR count). The van der Waals surface area contributed by atoms with Gasteiger partial charge in [0.1, 0.15) is 5.82 Å². The predicted molar refractivity (Wildman–Crippen MR) is 115 cm³/mol. The number of fused-ring (bicyclic) bond motifs is 1. The van der Waals surface area contributed by atoms with Crippen molar-refractivity contribution in [2.45, 2.75) is 51.5 Å². The van der Waals surface area contributed by atoms with Crippen LogP contribution in [0.1, 0.15) is 51.0 Å². The quantitative estimate of drug-likeness (QED) is 0.682. The smallest absolute Gasteiger partial charge is 0.228 e. The van der Waals surface area contributed by atoms with Gasteiger partial charge in [0, 0.05) is 29.8 Å². The molecule has 0 aromatic carbocycles. The van der Waals surface area contributed by atoms with Crippen molar-refractivity contribution >= 4 is 17.4 Å². The van der Waals surface area contributed by atoms with E-state index in [9.17, 15) is 9.18 Å². The van der Waals surface area contributed by atoms with E-state index in [1.807, 2.05) is 12.3 Å². The van der Waals surface area contributed by atoms with Crippen LogP contribution in [0.3, 0.4) is 0 Å². The Morgan fingerprint density at radius 3 is 2.87 bits per heavy atom. The lowest BCUT2D eigenvalue weighted by Gasteiger charge is -2.28. The van der Waals surface area contributed by atoms with Crippen molar-refractivity contribution in [3.63, 3.8) is 0 Å². The third-order valence-electron chi connectivity index (χ3n) is 5.89. The highest BCUT2D eigenvalue weighted by molar-refractivity contribution is 5.93. The maximum absolute atomic E-state index is 13.8. The van der Waals surface area contributed by atoms with Crippen LogP contribution in [-0.2, 0) is 4.79 Å². The topological polar surface area (TPSA) is 85.1 Å². The first-order valence-corrected chi connectivity index (χ1v) is 10.5. The van der Waals surface area contributed by atoms with Crippen LogP contribution < -0.4 is 5.32 Å². The number of pyridine rings is 1. The number of rotatable bonds is 4. The van der Waals surface area contributed by atoms with Gasteiger partial charge in [-0.3, -0.25) is 9.78 Å². The average molecular weight is 418 g/mol. The van der Waals surface area contributed by atoms with E-state index in [0.29, 0.717) is 29.4 Å². The minimum atomic E-state index is -0.432. The summed E-state index contributed by atoms with van der Waals surface area (Å²) in [4.78, 5) is 25.0. The second-order valence-corrected chi connectivity index (χ2v) is 8.44. The van der Waals surface area contributed by atoms with E-state index in [-0.39, 0.29) is 17.7 Å². The number of nitrogens with one attached hydrogen (secondary N) is 1. The van der Waals surface area contributed by atoms with Crippen LogP contribution >= 0.6 is 0 Å². The molecule has 8 heteroatoms. The lowest BCUT2D eigenvalue weighted by molar-refractivity contribution is -0.114. The van der Waals surface area contributed by atoms with Gasteiger partial charge in [0.15, 0.2) is 17.3 Å². The second-order valence-electron chi connectivity index (χ2n) is 8.44. The van der Waals surface area contributed by atoms with Gasteiger partial charge in [-0.1, -0.05) is 25.5 Å². The van der Waals surface area contributed by atoms with Crippen LogP contribution in [0, 0.1) is 5.82 Å². The van der Waals surface area contributed by atoms with Crippen molar-refractivity contribution in [2.75, 3.05) is 5.32 Å². The SMILES string of the molecule is CC(C)c1cnn2c(N[C@H]3CCC4=C(C=CC(=O)C4)C3)nc(-c3cncc(F)c3)nc12. The minimum absolute atomic E-state index is 0.153. The van der Waals surface area contributed by atoms with Crippen molar-refractivity contribution in [1.29, 1.82) is 0 Å². The van der Waals surface area contributed by atoms with Crippen LogP contribution in [0.5, 0.6) is 0 Å². The summed E-state index contributed by atoms with van der Waals surface area (Å²) in [6.45, 7) is 4.17. The van der Waals surface area contributed by atoms with Gasteiger partial charge in [-0.2, -0.15) is 14.6 Å². The highest BCUT2D eigenvalue weighted by Crippen LogP contribution is 2.33. The molecule has 3 heterocycles. The first kappa shape index (κ1) is 19.5. The molecule has 0 bridgehead atoms. The summed E-state index contributed by atoms with van der Waals surface area (Å²) in [7, 11) is 0. The third kappa shape index (κ3) is 3.73. The van der Waals surface area contributed by atoms with Gasteiger partial charge < -0.3 is 5.32 Å². The van der Waals surface area contributed by atoms with Gasteiger partial charge in [-0.25, -0.2) is 9.37 Å². The molecule has 7 nitrogen and oxygen atoms in total. The van der Waals surface area contributed by atoms with Crippen LogP contribution in [-0.4, -0.2) is 36.4 Å². The van der Waals surface area contributed by atoms with Gasteiger partial charge in [-0.05, 0) is 42.9 Å². The van der Waals surface area contributed by atoms with Gasteiger partial charge >= 0.3 is 0 Å². The molecule has 1 atom stereocenters. The van der Waals surface area contributed by atoms with E-state index in [4.69, 9.17) is 0 Å². The number of hydrogen-bond donors (Lipinski definition) is 1. The Balaban J connectivity index is 1.53. The van der Waals surface area contributed by atoms with E-state index in [1.54, 1.807) is 16.8 Å². The van der Waals surface area contributed by atoms with Crippen molar-refractivity contribution in [2.24, 2.45) is 0 Å². The van der Waals surface area contributed by atoms with Gasteiger partial charge in [0.2, 0.25) is 5.95 Å². The minimum Gasteiger partial charge on any atom is -0.351 e. The number of allylic oxidation sites excluding steroid dienone is 3. The zero-order chi connectivity index (χ0) is 21.5. The number of ketones is 1. The summed E-state index contributed by atoms with van der Waals surface area (Å²) in [5.41, 5.74) is 4.69. The number of nitrogens with zero attached hydrogens (tertiary/aromatic N) is 5. The molecule has 3 aromatic heterocycles. The summed E-state index contributed by atoms with van der Waals surface area (Å²) < 4.78 is 15.5. The molecule has 0 saturated heterocycles. The number of anilines is 1. The summed E-state index contributed by atoms with van der Waals surface area (Å²) in [6.07, 6.45) is 11.3. The molecule has 0 saturated carbocycles. The second kappa shape index (κ2) is 7.68.